The van der Waals surface area contributed by atoms with Crippen LogP contribution in [0, 0.1) is 0 Å². The van der Waals surface area contributed by atoms with Crippen molar-refractivity contribution in [2.24, 2.45) is 11.5 Å². The van der Waals surface area contributed by atoms with Crippen LogP contribution in [-0.4, -0.2) is 42.8 Å². The first kappa shape index (κ1) is 20.8. The molecule has 137 valence electrons. The minimum atomic E-state index is -0.792. The molecule has 1 aromatic carbocycles. The number of rotatable bonds is 11. The Labute approximate surface area is 148 Å². The van der Waals surface area contributed by atoms with Crippen LogP contribution in [0.4, 0.5) is 0 Å². The largest absolute Gasteiger partial charge is 0.344 e. The summed E-state index contributed by atoms with van der Waals surface area (Å²) in [6.07, 6.45) is 4.22. The molecule has 1 rings (SSSR count). The molecule has 0 heterocycles. The molecule has 0 saturated heterocycles. The molecule has 7 heteroatoms. The molecule has 7 nitrogen and oxygen atoms in total. The van der Waals surface area contributed by atoms with Crippen molar-refractivity contribution in [2.75, 3.05) is 6.54 Å². The van der Waals surface area contributed by atoms with Crippen molar-refractivity contribution < 1.29 is 14.4 Å². The Kier molecular flexibility index (Phi) is 9.42. The van der Waals surface area contributed by atoms with E-state index in [1.807, 2.05) is 36.6 Å². The third-order valence-corrected chi connectivity index (χ3v) is 3.80. The van der Waals surface area contributed by atoms with Crippen LogP contribution in [0.2, 0.25) is 0 Å². The molecular weight excluding hydrogens is 320 g/mol. The molecule has 0 bridgehead atoms. The Hall–Kier alpha value is -2.25. The van der Waals surface area contributed by atoms with Gasteiger partial charge in [-0.25, -0.2) is 0 Å². The van der Waals surface area contributed by atoms with Gasteiger partial charge in [0, 0.05) is 6.42 Å². The normalized spacial score (nSPS) is 14.2. The summed E-state index contributed by atoms with van der Waals surface area (Å²) in [7, 11) is 0. The third-order valence-electron chi connectivity index (χ3n) is 3.80. The fourth-order valence-electron chi connectivity index (χ4n) is 2.29. The van der Waals surface area contributed by atoms with E-state index in [4.69, 9.17) is 11.5 Å². The monoisotopic (exact) mass is 347 g/mol. The van der Waals surface area contributed by atoms with Crippen LogP contribution in [0.3, 0.4) is 0 Å². The summed E-state index contributed by atoms with van der Waals surface area (Å²) < 4.78 is 0. The van der Waals surface area contributed by atoms with Crippen molar-refractivity contribution in [1.29, 1.82) is 0 Å². The lowest BCUT2D eigenvalue weighted by molar-refractivity contribution is -0.129. The van der Waals surface area contributed by atoms with Gasteiger partial charge in [-0.15, -0.1) is 0 Å². The molecule has 6 N–H and O–H groups in total. The number of amides is 2. The minimum Gasteiger partial charge on any atom is -0.344 e. The van der Waals surface area contributed by atoms with Crippen LogP contribution in [0.15, 0.2) is 30.3 Å². The molecule has 1 radical (unpaired) electrons. The van der Waals surface area contributed by atoms with Gasteiger partial charge in [0.2, 0.25) is 18.1 Å². The predicted octanol–water partition coefficient (Wildman–Crippen LogP) is -0.215. The molecular formula is C18H27N4O3. The molecule has 0 aliphatic carbocycles. The summed E-state index contributed by atoms with van der Waals surface area (Å²) in [4.78, 5) is 35.2. The van der Waals surface area contributed by atoms with E-state index in [1.54, 1.807) is 6.92 Å². The highest BCUT2D eigenvalue weighted by atomic mass is 16.2. The number of carbonyl (C=O) groups excluding carboxylic acids is 3. The lowest BCUT2D eigenvalue weighted by Gasteiger charge is -2.19. The van der Waals surface area contributed by atoms with Gasteiger partial charge >= 0.3 is 0 Å². The second kappa shape index (κ2) is 11.3. The van der Waals surface area contributed by atoms with Crippen molar-refractivity contribution in [3.63, 3.8) is 0 Å². The Morgan fingerprint density at radius 1 is 1.12 bits per heavy atom. The molecule has 0 saturated carbocycles. The summed E-state index contributed by atoms with van der Waals surface area (Å²) in [6, 6.07) is 7.06. The van der Waals surface area contributed by atoms with Crippen LogP contribution in [0.25, 0.3) is 0 Å². The summed E-state index contributed by atoms with van der Waals surface area (Å²) in [5.41, 5.74) is 12.1. The SMILES string of the molecule is C[C@H](NC(=O)[C@@H](N)CCCCN)C(=O)N[C@H]([C]=O)Cc1ccccc1. The molecule has 3 atom stereocenters. The molecule has 0 aliphatic heterocycles. The first-order valence-electron chi connectivity index (χ1n) is 8.46. The van der Waals surface area contributed by atoms with E-state index >= 15 is 0 Å². The van der Waals surface area contributed by atoms with Crippen molar-refractivity contribution in [2.45, 2.75) is 50.7 Å². The van der Waals surface area contributed by atoms with Crippen LogP contribution >= 0.6 is 0 Å². The zero-order valence-corrected chi connectivity index (χ0v) is 14.5. The summed E-state index contributed by atoms with van der Waals surface area (Å²) in [5.74, 6) is -0.846. The molecule has 25 heavy (non-hydrogen) atoms. The van der Waals surface area contributed by atoms with Gasteiger partial charge in [0.1, 0.15) is 6.04 Å². The van der Waals surface area contributed by atoms with E-state index in [9.17, 15) is 14.4 Å². The van der Waals surface area contributed by atoms with E-state index in [1.165, 1.54) is 0 Å². The molecule has 0 fully saturated rings. The number of hydrogen-bond acceptors (Lipinski definition) is 5. The van der Waals surface area contributed by atoms with E-state index in [0.717, 1.165) is 18.4 Å². The molecule has 0 aromatic heterocycles. The van der Waals surface area contributed by atoms with Crippen LogP contribution in [-0.2, 0) is 20.8 Å². The highest BCUT2D eigenvalue weighted by Crippen LogP contribution is 2.03. The highest BCUT2D eigenvalue weighted by molar-refractivity contribution is 5.90. The van der Waals surface area contributed by atoms with Crippen molar-refractivity contribution in [3.8, 4) is 0 Å². The quantitative estimate of drug-likeness (QED) is 0.412. The zero-order chi connectivity index (χ0) is 18.7. The summed E-state index contributed by atoms with van der Waals surface area (Å²) in [6.45, 7) is 2.10. The molecule has 2 amide bonds. The maximum absolute atomic E-state index is 12.2. The average molecular weight is 347 g/mol. The smallest absolute Gasteiger partial charge is 0.242 e. The van der Waals surface area contributed by atoms with Gasteiger partial charge in [-0.3, -0.25) is 14.4 Å². The van der Waals surface area contributed by atoms with Gasteiger partial charge in [-0.1, -0.05) is 36.8 Å². The third kappa shape index (κ3) is 7.91. The molecule has 1 aromatic rings. The minimum absolute atomic E-state index is 0.343. The maximum Gasteiger partial charge on any atom is 0.242 e. The Balaban J connectivity index is 2.46. The lowest BCUT2D eigenvalue weighted by Crippen LogP contribution is -2.52. The van der Waals surface area contributed by atoms with E-state index in [0.29, 0.717) is 19.4 Å². The number of unbranched alkanes of at least 4 members (excludes halogenated alkanes) is 1. The zero-order valence-electron chi connectivity index (χ0n) is 14.5. The number of carbonyl (C=O) groups is 2. The Morgan fingerprint density at radius 2 is 1.80 bits per heavy atom. The number of hydrogen-bond donors (Lipinski definition) is 4. The second-order valence-electron chi connectivity index (χ2n) is 5.99. The number of benzene rings is 1. The Morgan fingerprint density at radius 3 is 2.40 bits per heavy atom. The first-order valence-corrected chi connectivity index (χ1v) is 8.46. The predicted molar refractivity (Wildman–Crippen MR) is 96.3 cm³/mol. The molecule has 0 spiro atoms. The molecule has 0 unspecified atom stereocenters. The number of nitrogens with one attached hydrogen (secondary N) is 2. The van der Waals surface area contributed by atoms with Crippen LogP contribution in [0.5, 0.6) is 0 Å². The molecule has 0 aliphatic rings. The van der Waals surface area contributed by atoms with Crippen molar-refractivity contribution >= 4 is 18.1 Å². The Bertz CT molecular complexity index is 551. The lowest BCUT2D eigenvalue weighted by atomic mass is 10.1. The fourth-order valence-corrected chi connectivity index (χ4v) is 2.29. The summed E-state index contributed by atoms with van der Waals surface area (Å²) >= 11 is 0. The van der Waals surface area contributed by atoms with Gasteiger partial charge in [-0.2, -0.15) is 0 Å². The topological polar surface area (TPSA) is 127 Å². The first-order chi connectivity index (χ1) is 12.0. The van der Waals surface area contributed by atoms with Gasteiger partial charge in [0.05, 0.1) is 12.1 Å². The van der Waals surface area contributed by atoms with Crippen molar-refractivity contribution in [3.05, 3.63) is 35.9 Å². The van der Waals surface area contributed by atoms with Crippen LogP contribution in [0.1, 0.15) is 31.7 Å². The second-order valence-corrected chi connectivity index (χ2v) is 5.99. The van der Waals surface area contributed by atoms with E-state index in [-0.39, 0.29) is 0 Å². The maximum atomic E-state index is 12.2. The fraction of sp³-hybridized carbons (Fsp3) is 0.500. The average Bonchev–Trinajstić information content (AvgIpc) is 2.61. The summed E-state index contributed by atoms with van der Waals surface area (Å²) in [5, 5.41) is 5.14. The van der Waals surface area contributed by atoms with Crippen molar-refractivity contribution in [1.82, 2.24) is 10.6 Å². The van der Waals surface area contributed by atoms with E-state index < -0.39 is 29.9 Å². The van der Waals surface area contributed by atoms with Gasteiger partial charge < -0.3 is 22.1 Å². The van der Waals surface area contributed by atoms with Gasteiger partial charge in [0.25, 0.3) is 0 Å². The standard InChI is InChI=1S/C18H27N4O3/c1-13(21-18(25)16(20)9-5-6-10-19)17(24)22-15(12-23)11-14-7-3-2-4-8-14/h2-4,7-8,13,15-16H,5-6,9-11,19-20H2,1H3,(H,21,25)(H,22,24)/t13-,15-,16-/m0/s1. The van der Waals surface area contributed by atoms with Gasteiger partial charge in [0.15, 0.2) is 0 Å². The number of nitrogens with two attached hydrogens (primary N) is 2. The van der Waals surface area contributed by atoms with Gasteiger partial charge in [-0.05, 0) is 31.9 Å². The highest BCUT2D eigenvalue weighted by Gasteiger charge is 2.22. The van der Waals surface area contributed by atoms with Crippen LogP contribution < -0.4 is 22.1 Å². The van der Waals surface area contributed by atoms with E-state index in [2.05, 4.69) is 10.6 Å².